The van der Waals surface area contributed by atoms with E-state index in [1.54, 1.807) is 32.9 Å². The third kappa shape index (κ3) is 2.07. The normalized spacial score (nSPS) is 34.2. The van der Waals surface area contributed by atoms with Crippen molar-refractivity contribution in [2.75, 3.05) is 6.61 Å². The summed E-state index contributed by atoms with van der Waals surface area (Å²) in [7, 11) is 0. The number of rotatable bonds is 4. The van der Waals surface area contributed by atoms with E-state index in [0.717, 1.165) is 5.57 Å². The van der Waals surface area contributed by atoms with Crippen LogP contribution >= 0.6 is 0 Å². The second-order valence-electron chi connectivity index (χ2n) is 5.39. The molecule has 1 aliphatic carbocycles. The first-order chi connectivity index (χ1) is 9.40. The van der Waals surface area contributed by atoms with Crippen molar-refractivity contribution in [1.29, 1.82) is 0 Å². The lowest BCUT2D eigenvalue weighted by atomic mass is 9.77. The van der Waals surface area contributed by atoms with E-state index in [2.05, 4.69) is 0 Å². The number of hydrogen-bond donors (Lipinski definition) is 3. The van der Waals surface area contributed by atoms with Crippen LogP contribution in [0.1, 0.15) is 20.8 Å². The van der Waals surface area contributed by atoms with E-state index in [1.807, 2.05) is 0 Å². The standard InChI is InChI=1S/C15H20O5/c1-4-5-9-10(7-16)13(19)15(11(17)6-8(2)3)14(20-15)12(9)18/h4-6,11-12,14,16-18H,7H2,1-3H3/b5-4+. The number of ether oxygens (including phenoxy) is 1. The molecule has 0 saturated carbocycles. The Kier molecular flexibility index (Phi) is 3.97. The van der Waals surface area contributed by atoms with Gasteiger partial charge in [-0.1, -0.05) is 23.8 Å². The molecule has 5 heteroatoms. The minimum Gasteiger partial charge on any atom is -0.392 e. The van der Waals surface area contributed by atoms with Crippen LogP contribution in [0.3, 0.4) is 0 Å². The Hall–Kier alpha value is -1.27. The van der Waals surface area contributed by atoms with Gasteiger partial charge in [0.1, 0.15) is 18.3 Å². The van der Waals surface area contributed by atoms with Gasteiger partial charge in [-0.3, -0.25) is 4.79 Å². The summed E-state index contributed by atoms with van der Waals surface area (Å²) in [6.45, 7) is 4.87. The van der Waals surface area contributed by atoms with Gasteiger partial charge in [0.25, 0.3) is 0 Å². The van der Waals surface area contributed by atoms with Crippen molar-refractivity contribution >= 4 is 5.78 Å². The molecule has 5 nitrogen and oxygen atoms in total. The third-order valence-corrected chi connectivity index (χ3v) is 3.71. The van der Waals surface area contributed by atoms with Crippen molar-refractivity contribution in [2.45, 2.75) is 44.7 Å². The highest BCUT2D eigenvalue weighted by molar-refractivity contribution is 6.07. The molecule has 20 heavy (non-hydrogen) atoms. The molecule has 1 heterocycles. The number of Topliss-reactive ketones (excluding diaryl/α,β-unsaturated/α-hetero) is 1. The van der Waals surface area contributed by atoms with E-state index in [0.29, 0.717) is 5.57 Å². The van der Waals surface area contributed by atoms with E-state index >= 15 is 0 Å². The van der Waals surface area contributed by atoms with Crippen LogP contribution in [-0.2, 0) is 9.53 Å². The van der Waals surface area contributed by atoms with Crippen LogP contribution in [-0.4, -0.2) is 51.6 Å². The van der Waals surface area contributed by atoms with Gasteiger partial charge in [0, 0.05) is 5.57 Å². The number of epoxide rings is 1. The largest absolute Gasteiger partial charge is 0.392 e. The highest BCUT2D eigenvalue weighted by atomic mass is 16.6. The maximum atomic E-state index is 12.5. The summed E-state index contributed by atoms with van der Waals surface area (Å²) in [6, 6.07) is 0. The number of aliphatic hydroxyl groups excluding tert-OH is 3. The van der Waals surface area contributed by atoms with Gasteiger partial charge in [0.05, 0.1) is 6.61 Å². The van der Waals surface area contributed by atoms with Gasteiger partial charge in [-0.05, 0) is 26.3 Å². The minimum atomic E-state index is -1.44. The lowest BCUT2D eigenvalue weighted by Crippen LogP contribution is -2.47. The second-order valence-corrected chi connectivity index (χ2v) is 5.39. The van der Waals surface area contributed by atoms with Gasteiger partial charge in [0.15, 0.2) is 11.4 Å². The highest BCUT2D eigenvalue weighted by Gasteiger charge is 2.71. The van der Waals surface area contributed by atoms with Gasteiger partial charge in [-0.25, -0.2) is 0 Å². The van der Waals surface area contributed by atoms with Crippen LogP contribution in [0.5, 0.6) is 0 Å². The number of fused-ring (bicyclic) bond motifs is 1. The van der Waals surface area contributed by atoms with Crippen LogP contribution in [0.2, 0.25) is 0 Å². The van der Waals surface area contributed by atoms with Crippen molar-refractivity contribution in [3.63, 3.8) is 0 Å². The summed E-state index contributed by atoms with van der Waals surface area (Å²) in [6.07, 6.45) is 1.89. The summed E-state index contributed by atoms with van der Waals surface area (Å²) >= 11 is 0. The molecule has 0 spiro atoms. The number of carbonyl (C=O) groups excluding carboxylic acids is 1. The van der Waals surface area contributed by atoms with Gasteiger partial charge in [-0.2, -0.15) is 0 Å². The molecule has 4 unspecified atom stereocenters. The fourth-order valence-corrected chi connectivity index (χ4v) is 2.72. The van der Waals surface area contributed by atoms with Gasteiger partial charge >= 0.3 is 0 Å². The predicted octanol–water partition coefficient (Wildman–Crippen LogP) is 0.260. The number of ketones is 1. The fraction of sp³-hybridized carbons (Fsp3) is 0.533. The lowest BCUT2D eigenvalue weighted by Gasteiger charge is -2.26. The van der Waals surface area contributed by atoms with E-state index < -0.39 is 36.3 Å². The Morgan fingerprint density at radius 1 is 1.50 bits per heavy atom. The molecule has 2 rings (SSSR count). The first-order valence-corrected chi connectivity index (χ1v) is 6.60. The molecule has 0 radical (unpaired) electrons. The molecule has 1 aliphatic heterocycles. The van der Waals surface area contributed by atoms with Gasteiger partial charge in [0.2, 0.25) is 0 Å². The molecular weight excluding hydrogens is 260 g/mol. The summed E-state index contributed by atoms with van der Waals surface area (Å²) in [5.41, 5.74) is -0.134. The SMILES string of the molecule is C/C=C/C1=C(CO)C(=O)C2(C(O)C=C(C)C)OC2C1O. The van der Waals surface area contributed by atoms with Gasteiger partial charge < -0.3 is 20.1 Å². The van der Waals surface area contributed by atoms with Crippen molar-refractivity contribution < 1.29 is 24.9 Å². The maximum absolute atomic E-state index is 12.5. The molecule has 1 saturated heterocycles. The highest BCUT2D eigenvalue weighted by Crippen LogP contribution is 2.50. The van der Waals surface area contributed by atoms with Crippen molar-refractivity contribution in [3.8, 4) is 0 Å². The van der Waals surface area contributed by atoms with Crippen molar-refractivity contribution in [3.05, 3.63) is 34.9 Å². The summed E-state index contributed by atoms with van der Waals surface area (Å²) in [5.74, 6) is -0.451. The summed E-state index contributed by atoms with van der Waals surface area (Å²) in [4.78, 5) is 12.5. The molecule has 3 N–H and O–H groups in total. The molecule has 0 bridgehead atoms. The number of hydrogen-bond acceptors (Lipinski definition) is 5. The molecule has 4 atom stereocenters. The molecule has 0 aromatic rings. The average molecular weight is 280 g/mol. The van der Waals surface area contributed by atoms with Crippen molar-refractivity contribution in [1.82, 2.24) is 0 Å². The Morgan fingerprint density at radius 2 is 2.15 bits per heavy atom. The monoisotopic (exact) mass is 280 g/mol. The van der Waals surface area contributed by atoms with Crippen LogP contribution in [0.4, 0.5) is 0 Å². The molecule has 0 aromatic heterocycles. The molecule has 0 amide bonds. The van der Waals surface area contributed by atoms with Crippen LogP contribution in [0.25, 0.3) is 0 Å². The Labute approximate surface area is 117 Å². The van der Waals surface area contributed by atoms with Gasteiger partial charge in [-0.15, -0.1) is 0 Å². The van der Waals surface area contributed by atoms with E-state index in [9.17, 15) is 20.1 Å². The summed E-state index contributed by atoms with van der Waals surface area (Å²) < 4.78 is 5.38. The van der Waals surface area contributed by atoms with Crippen molar-refractivity contribution in [2.24, 2.45) is 0 Å². The number of aliphatic hydroxyl groups is 3. The zero-order valence-corrected chi connectivity index (χ0v) is 11.8. The minimum absolute atomic E-state index is 0.102. The Balaban J connectivity index is 2.45. The van der Waals surface area contributed by atoms with Crippen LogP contribution < -0.4 is 0 Å². The topological polar surface area (TPSA) is 90.3 Å². The first-order valence-electron chi connectivity index (χ1n) is 6.60. The zero-order chi connectivity index (χ0) is 15.1. The Bertz CT molecular complexity index is 512. The van der Waals surface area contributed by atoms with Crippen LogP contribution in [0, 0.1) is 0 Å². The maximum Gasteiger partial charge on any atom is 0.199 e. The fourth-order valence-electron chi connectivity index (χ4n) is 2.72. The Morgan fingerprint density at radius 3 is 2.65 bits per heavy atom. The molecule has 1 fully saturated rings. The third-order valence-electron chi connectivity index (χ3n) is 3.71. The molecule has 0 aromatic carbocycles. The summed E-state index contributed by atoms with van der Waals surface area (Å²) in [5, 5.41) is 29.9. The lowest BCUT2D eigenvalue weighted by molar-refractivity contribution is -0.124. The number of carbonyl (C=O) groups is 1. The van der Waals surface area contributed by atoms with E-state index in [-0.39, 0.29) is 5.57 Å². The van der Waals surface area contributed by atoms with E-state index in [1.165, 1.54) is 6.08 Å². The van der Waals surface area contributed by atoms with E-state index in [4.69, 9.17) is 4.74 Å². The molecule has 110 valence electrons. The van der Waals surface area contributed by atoms with Crippen LogP contribution in [0.15, 0.2) is 34.9 Å². The smallest absolute Gasteiger partial charge is 0.199 e. The molecule has 2 aliphatic rings. The predicted molar refractivity (Wildman–Crippen MR) is 73.0 cm³/mol. The quantitative estimate of drug-likeness (QED) is 0.507. The zero-order valence-electron chi connectivity index (χ0n) is 11.8. The number of allylic oxidation sites excluding steroid dienone is 2. The second kappa shape index (κ2) is 5.26. The first kappa shape index (κ1) is 15.1. The molecular formula is C15H20O5. The average Bonchev–Trinajstić information content (AvgIpc) is 3.13.